The van der Waals surface area contributed by atoms with Crippen molar-refractivity contribution in [3.8, 4) is 0 Å². The molecular weight excluding hydrogens is 266 g/mol. The highest BCUT2D eigenvalue weighted by Crippen LogP contribution is 2.47. The zero-order chi connectivity index (χ0) is 14.3. The Balaban J connectivity index is 2.34. The van der Waals surface area contributed by atoms with Gasteiger partial charge in [0.1, 0.15) is 5.70 Å². The van der Waals surface area contributed by atoms with Crippen molar-refractivity contribution in [1.82, 2.24) is 4.90 Å². The lowest BCUT2D eigenvalue weighted by Gasteiger charge is -2.47. The normalized spacial score (nSPS) is 31.3. The van der Waals surface area contributed by atoms with Gasteiger partial charge in [0.15, 0.2) is 0 Å². The summed E-state index contributed by atoms with van der Waals surface area (Å²) in [6.07, 6.45) is 1.76. The SMILES string of the molecule is CO[C@H](C)[C@H]1C(=O)N2C(C(=O)O)=C(CSC)[C@H](C)[C@H]12. The van der Waals surface area contributed by atoms with E-state index in [4.69, 9.17) is 4.74 Å². The van der Waals surface area contributed by atoms with Crippen molar-refractivity contribution in [2.24, 2.45) is 11.8 Å². The van der Waals surface area contributed by atoms with Gasteiger partial charge in [-0.1, -0.05) is 6.92 Å². The van der Waals surface area contributed by atoms with Gasteiger partial charge in [0.25, 0.3) is 0 Å². The molecule has 0 saturated carbocycles. The van der Waals surface area contributed by atoms with E-state index in [1.807, 2.05) is 20.1 Å². The minimum Gasteiger partial charge on any atom is -0.477 e. The van der Waals surface area contributed by atoms with Gasteiger partial charge in [-0.15, -0.1) is 0 Å². The van der Waals surface area contributed by atoms with Crippen LogP contribution in [0.2, 0.25) is 0 Å². The molecule has 6 heteroatoms. The van der Waals surface area contributed by atoms with E-state index in [1.165, 1.54) is 4.90 Å². The third-order valence-corrected chi connectivity index (χ3v) is 4.78. The Morgan fingerprint density at radius 1 is 1.58 bits per heavy atom. The molecule has 1 saturated heterocycles. The van der Waals surface area contributed by atoms with Gasteiger partial charge >= 0.3 is 5.97 Å². The van der Waals surface area contributed by atoms with E-state index in [0.717, 1.165) is 5.57 Å². The van der Waals surface area contributed by atoms with E-state index >= 15 is 0 Å². The summed E-state index contributed by atoms with van der Waals surface area (Å²) in [5.74, 6) is -0.625. The van der Waals surface area contributed by atoms with E-state index in [-0.39, 0.29) is 35.6 Å². The van der Waals surface area contributed by atoms with Crippen molar-refractivity contribution in [3.63, 3.8) is 0 Å². The van der Waals surface area contributed by atoms with Crippen molar-refractivity contribution >= 4 is 23.6 Å². The molecule has 0 unspecified atom stereocenters. The summed E-state index contributed by atoms with van der Waals surface area (Å²) in [4.78, 5) is 25.1. The van der Waals surface area contributed by atoms with Crippen LogP contribution >= 0.6 is 11.8 Å². The van der Waals surface area contributed by atoms with E-state index in [1.54, 1.807) is 18.9 Å². The lowest BCUT2D eigenvalue weighted by atomic mass is 9.78. The number of aliphatic carboxylic acids is 1. The number of carbonyl (C=O) groups is 2. The highest BCUT2D eigenvalue weighted by Gasteiger charge is 2.59. The number of amides is 1. The molecule has 19 heavy (non-hydrogen) atoms. The zero-order valence-corrected chi connectivity index (χ0v) is 12.4. The molecule has 1 fully saturated rings. The Labute approximate surface area is 117 Å². The fraction of sp³-hybridized carbons (Fsp3) is 0.692. The number of carboxylic acids is 1. The van der Waals surface area contributed by atoms with Crippen LogP contribution in [0.25, 0.3) is 0 Å². The van der Waals surface area contributed by atoms with E-state index < -0.39 is 5.97 Å². The van der Waals surface area contributed by atoms with Crippen LogP contribution < -0.4 is 0 Å². The minimum absolute atomic E-state index is 0.0595. The highest BCUT2D eigenvalue weighted by molar-refractivity contribution is 7.98. The van der Waals surface area contributed by atoms with Gasteiger partial charge in [0, 0.05) is 18.8 Å². The van der Waals surface area contributed by atoms with E-state index in [9.17, 15) is 14.7 Å². The second kappa shape index (κ2) is 5.17. The fourth-order valence-corrected chi connectivity index (χ4v) is 3.83. The lowest BCUT2D eigenvalue weighted by Crippen LogP contribution is -2.63. The first-order chi connectivity index (χ1) is 8.95. The molecule has 0 spiro atoms. The van der Waals surface area contributed by atoms with Gasteiger partial charge in [0.05, 0.1) is 18.1 Å². The van der Waals surface area contributed by atoms with Crippen molar-refractivity contribution in [2.45, 2.75) is 26.0 Å². The molecule has 0 aromatic rings. The van der Waals surface area contributed by atoms with E-state index in [2.05, 4.69) is 0 Å². The first kappa shape index (κ1) is 14.4. The van der Waals surface area contributed by atoms with Crippen LogP contribution in [-0.4, -0.2) is 53.1 Å². The number of hydrogen-bond acceptors (Lipinski definition) is 4. The van der Waals surface area contributed by atoms with Crippen molar-refractivity contribution in [3.05, 3.63) is 11.3 Å². The number of carbonyl (C=O) groups excluding carboxylic acids is 1. The number of hydrogen-bond donors (Lipinski definition) is 1. The fourth-order valence-electron chi connectivity index (χ4n) is 3.12. The van der Waals surface area contributed by atoms with Crippen LogP contribution in [0, 0.1) is 11.8 Å². The molecule has 1 N–H and O–H groups in total. The third-order valence-electron chi connectivity index (χ3n) is 4.18. The second-order valence-corrected chi connectivity index (χ2v) is 5.93. The maximum atomic E-state index is 12.2. The van der Waals surface area contributed by atoms with Gasteiger partial charge in [-0.3, -0.25) is 4.79 Å². The van der Waals surface area contributed by atoms with Crippen LogP contribution in [0.1, 0.15) is 13.8 Å². The molecule has 2 aliphatic heterocycles. The average molecular weight is 285 g/mol. The van der Waals surface area contributed by atoms with Crippen LogP contribution in [0.15, 0.2) is 11.3 Å². The zero-order valence-electron chi connectivity index (χ0n) is 11.5. The molecular formula is C13H19NO4S. The molecule has 1 amide bonds. The molecule has 0 aliphatic carbocycles. The van der Waals surface area contributed by atoms with Crippen molar-refractivity contribution in [1.29, 1.82) is 0 Å². The largest absolute Gasteiger partial charge is 0.477 e. The number of methoxy groups -OCH3 is 1. The van der Waals surface area contributed by atoms with Crippen molar-refractivity contribution < 1.29 is 19.4 Å². The predicted molar refractivity (Wildman–Crippen MR) is 72.8 cm³/mol. The molecule has 0 aromatic heterocycles. The van der Waals surface area contributed by atoms with E-state index in [0.29, 0.717) is 5.75 Å². The maximum Gasteiger partial charge on any atom is 0.352 e. The second-order valence-electron chi connectivity index (χ2n) is 5.07. The third kappa shape index (κ3) is 1.97. The molecule has 5 nitrogen and oxygen atoms in total. The van der Waals surface area contributed by atoms with Gasteiger partial charge < -0.3 is 14.7 Å². The quantitative estimate of drug-likeness (QED) is 0.769. The Hall–Kier alpha value is -1.01. The van der Waals surface area contributed by atoms with Crippen LogP contribution in [0.3, 0.4) is 0 Å². The summed E-state index contributed by atoms with van der Waals surface area (Å²) in [6.45, 7) is 3.86. The standard InChI is InChI=1S/C13H19NO4S/c1-6-8(5-19-4)11(13(16)17)14-10(6)9(12(14)15)7(2)18-3/h6-7,9-10H,5H2,1-4H3,(H,16,17)/t6-,7+,9+,10+/m0/s1. The Morgan fingerprint density at radius 2 is 2.21 bits per heavy atom. The Bertz CT molecular complexity index is 448. The number of rotatable bonds is 5. The molecule has 2 rings (SSSR count). The number of β-lactam (4-membered cyclic amide) rings is 1. The molecule has 0 bridgehead atoms. The summed E-state index contributed by atoms with van der Waals surface area (Å²) < 4.78 is 5.25. The summed E-state index contributed by atoms with van der Waals surface area (Å²) in [5.41, 5.74) is 1.06. The van der Waals surface area contributed by atoms with Crippen LogP contribution in [0.5, 0.6) is 0 Å². The van der Waals surface area contributed by atoms with Crippen LogP contribution in [0.4, 0.5) is 0 Å². The molecule has 2 heterocycles. The van der Waals surface area contributed by atoms with Crippen LogP contribution in [-0.2, 0) is 14.3 Å². The van der Waals surface area contributed by atoms with Gasteiger partial charge in [-0.05, 0) is 18.8 Å². The Kier molecular flexibility index (Phi) is 3.92. The summed E-state index contributed by atoms with van der Waals surface area (Å²) in [6, 6.07) is -0.0595. The highest BCUT2D eigenvalue weighted by atomic mass is 32.2. The molecule has 0 aromatic carbocycles. The molecule has 4 atom stereocenters. The number of nitrogens with zero attached hydrogens (tertiary/aromatic N) is 1. The number of ether oxygens (including phenoxy) is 1. The Morgan fingerprint density at radius 3 is 2.68 bits per heavy atom. The summed E-state index contributed by atoms with van der Waals surface area (Å²) in [7, 11) is 1.58. The molecule has 2 aliphatic rings. The summed E-state index contributed by atoms with van der Waals surface area (Å²) >= 11 is 1.58. The topological polar surface area (TPSA) is 66.8 Å². The van der Waals surface area contributed by atoms with Crippen molar-refractivity contribution in [2.75, 3.05) is 19.1 Å². The molecule has 106 valence electrons. The summed E-state index contributed by atoms with van der Waals surface area (Å²) in [5, 5.41) is 9.36. The average Bonchev–Trinajstić information content (AvgIpc) is 2.61. The molecule has 0 radical (unpaired) electrons. The first-order valence-electron chi connectivity index (χ1n) is 6.26. The number of carboxylic acid groups (broad SMARTS) is 1. The number of fused-ring (bicyclic) bond motifs is 1. The number of thioether (sulfide) groups is 1. The van der Waals surface area contributed by atoms with Gasteiger partial charge in [-0.2, -0.15) is 11.8 Å². The predicted octanol–water partition coefficient (Wildman–Crippen LogP) is 1.20. The first-order valence-corrected chi connectivity index (χ1v) is 7.66. The lowest BCUT2D eigenvalue weighted by molar-refractivity contribution is -0.164. The maximum absolute atomic E-state index is 12.2. The van der Waals surface area contributed by atoms with Gasteiger partial charge in [-0.25, -0.2) is 4.79 Å². The monoisotopic (exact) mass is 285 g/mol. The van der Waals surface area contributed by atoms with Gasteiger partial charge in [0.2, 0.25) is 5.91 Å². The minimum atomic E-state index is -1.00. The smallest absolute Gasteiger partial charge is 0.352 e.